The molecule has 0 atom stereocenters. The molecular weight excluding hydrogens is 276 g/mol. The van der Waals surface area contributed by atoms with Crippen molar-refractivity contribution in [2.45, 2.75) is 0 Å². The van der Waals surface area contributed by atoms with Gasteiger partial charge in [0.25, 0.3) is 0 Å². The van der Waals surface area contributed by atoms with Gasteiger partial charge in [0.05, 0.1) is 14.2 Å². The summed E-state index contributed by atoms with van der Waals surface area (Å²) >= 11 is 4.89. The Morgan fingerprint density at radius 3 is 2.20 bits per heavy atom. The van der Waals surface area contributed by atoms with E-state index in [-0.39, 0.29) is 4.99 Å². The molecule has 0 bridgehead atoms. The number of thiocarbonyl (C=S) groups is 1. The van der Waals surface area contributed by atoms with Crippen LogP contribution in [0.4, 0.5) is 0 Å². The van der Waals surface area contributed by atoms with Crippen LogP contribution in [-0.4, -0.2) is 24.2 Å². The van der Waals surface area contributed by atoms with Gasteiger partial charge < -0.3 is 19.9 Å². The molecule has 0 radical (unpaired) electrons. The van der Waals surface area contributed by atoms with Gasteiger partial charge >= 0.3 is 0 Å². The first-order valence-corrected chi connectivity index (χ1v) is 6.21. The van der Waals surface area contributed by atoms with E-state index < -0.39 is 0 Å². The summed E-state index contributed by atoms with van der Waals surface area (Å²) in [4.78, 5) is 4.43. The fraction of sp³-hybridized carbons (Fsp3) is 0.143. The molecule has 5 nitrogen and oxygen atoms in total. The van der Waals surface area contributed by atoms with Crippen LogP contribution in [0.25, 0.3) is 0 Å². The van der Waals surface area contributed by atoms with Crippen LogP contribution >= 0.6 is 12.2 Å². The Morgan fingerprint density at radius 1 is 1.05 bits per heavy atom. The SMILES string of the molecule is COc1cc(OC)cc(Oc2cccc(C(N)=S)n2)c1. The molecule has 0 amide bonds. The normalized spacial score (nSPS) is 9.90. The Labute approximate surface area is 122 Å². The molecule has 2 rings (SSSR count). The Bertz CT molecular complexity index is 609. The number of ether oxygens (including phenoxy) is 3. The van der Waals surface area contributed by atoms with Crippen LogP contribution in [0.1, 0.15) is 5.69 Å². The maximum absolute atomic E-state index is 5.67. The van der Waals surface area contributed by atoms with E-state index in [4.69, 9.17) is 32.2 Å². The Kier molecular flexibility index (Phi) is 4.37. The summed E-state index contributed by atoms with van der Waals surface area (Å²) in [5.41, 5.74) is 6.05. The molecule has 1 aromatic heterocycles. The highest BCUT2D eigenvalue weighted by atomic mass is 32.1. The van der Waals surface area contributed by atoms with Crippen molar-refractivity contribution in [3.8, 4) is 23.1 Å². The van der Waals surface area contributed by atoms with Gasteiger partial charge in [0.15, 0.2) is 0 Å². The lowest BCUT2D eigenvalue weighted by Gasteiger charge is -2.09. The van der Waals surface area contributed by atoms with E-state index in [0.29, 0.717) is 28.8 Å². The number of aromatic nitrogens is 1. The third-order valence-corrected chi connectivity index (χ3v) is 2.73. The molecule has 6 heteroatoms. The number of hydrogen-bond acceptors (Lipinski definition) is 5. The van der Waals surface area contributed by atoms with Crippen molar-refractivity contribution in [2.75, 3.05) is 14.2 Å². The van der Waals surface area contributed by atoms with E-state index in [1.807, 2.05) is 0 Å². The van der Waals surface area contributed by atoms with Gasteiger partial charge in [-0.1, -0.05) is 18.3 Å². The number of nitrogens with zero attached hydrogens (tertiary/aromatic N) is 1. The first-order chi connectivity index (χ1) is 9.62. The summed E-state index contributed by atoms with van der Waals surface area (Å²) < 4.78 is 16.0. The zero-order valence-corrected chi connectivity index (χ0v) is 11.9. The molecule has 0 aliphatic heterocycles. The summed E-state index contributed by atoms with van der Waals surface area (Å²) in [6, 6.07) is 10.4. The predicted octanol–water partition coefficient (Wildman–Crippen LogP) is 2.53. The quantitative estimate of drug-likeness (QED) is 0.854. The zero-order chi connectivity index (χ0) is 14.5. The molecule has 2 aromatic rings. The van der Waals surface area contributed by atoms with Crippen molar-refractivity contribution >= 4 is 17.2 Å². The number of nitrogens with two attached hydrogens (primary N) is 1. The smallest absolute Gasteiger partial charge is 0.219 e. The number of pyridine rings is 1. The third kappa shape index (κ3) is 3.36. The van der Waals surface area contributed by atoms with E-state index in [2.05, 4.69) is 4.98 Å². The second kappa shape index (κ2) is 6.21. The molecule has 0 unspecified atom stereocenters. The van der Waals surface area contributed by atoms with Crippen LogP contribution < -0.4 is 19.9 Å². The van der Waals surface area contributed by atoms with Gasteiger partial charge in [-0.2, -0.15) is 0 Å². The maximum Gasteiger partial charge on any atom is 0.219 e. The minimum atomic E-state index is 0.221. The predicted molar refractivity (Wildman–Crippen MR) is 79.7 cm³/mol. The lowest BCUT2D eigenvalue weighted by atomic mass is 10.3. The van der Waals surface area contributed by atoms with Crippen LogP contribution in [0.3, 0.4) is 0 Å². The summed E-state index contributed by atoms with van der Waals surface area (Å²) in [5, 5.41) is 0. The monoisotopic (exact) mass is 290 g/mol. The minimum absolute atomic E-state index is 0.221. The average Bonchev–Trinajstić information content (AvgIpc) is 2.47. The fourth-order valence-corrected chi connectivity index (χ4v) is 1.68. The van der Waals surface area contributed by atoms with Crippen LogP contribution in [-0.2, 0) is 0 Å². The van der Waals surface area contributed by atoms with Crippen molar-refractivity contribution in [2.24, 2.45) is 5.73 Å². The second-order valence-corrected chi connectivity index (χ2v) is 4.32. The zero-order valence-electron chi connectivity index (χ0n) is 11.1. The minimum Gasteiger partial charge on any atom is -0.496 e. The van der Waals surface area contributed by atoms with Crippen molar-refractivity contribution in [3.63, 3.8) is 0 Å². The Morgan fingerprint density at radius 2 is 1.65 bits per heavy atom. The van der Waals surface area contributed by atoms with Gasteiger partial charge in [-0.3, -0.25) is 0 Å². The first-order valence-electron chi connectivity index (χ1n) is 5.80. The van der Waals surface area contributed by atoms with E-state index >= 15 is 0 Å². The number of benzene rings is 1. The highest BCUT2D eigenvalue weighted by Crippen LogP contribution is 2.30. The Balaban J connectivity index is 2.29. The standard InChI is InChI=1S/C14H14N2O3S/c1-17-9-6-10(18-2)8-11(7-9)19-13-5-3-4-12(16-13)14(15)20/h3-8H,1-2H3,(H2,15,20). The summed E-state index contributed by atoms with van der Waals surface area (Å²) in [5.74, 6) is 2.20. The molecule has 1 heterocycles. The largest absolute Gasteiger partial charge is 0.496 e. The van der Waals surface area contributed by atoms with E-state index in [1.165, 1.54) is 0 Å². The molecule has 20 heavy (non-hydrogen) atoms. The lowest BCUT2D eigenvalue weighted by Crippen LogP contribution is -2.11. The molecule has 0 saturated carbocycles. The van der Waals surface area contributed by atoms with Gasteiger partial charge in [-0.25, -0.2) is 4.98 Å². The highest BCUT2D eigenvalue weighted by molar-refractivity contribution is 7.80. The second-order valence-electron chi connectivity index (χ2n) is 3.88. The lowest BCUT2D eigenvalue weighted by molar-refractivity contribution is 0.385. The van der Waals surface area contributed by atoms with Crippen molar-refractivity contribution in [1.29, 1.82) is 0 Å². The van der Waals surface area contributed by atoms with E-state index in [9.17, 15) is 0 Å². The summed E-state index contributed by atoms with van der Waals surface area (Å²) in [6.45, 7) is 0. The van der Waals surface area contributed by atoms with Crippen molar-refractivity contribution < 1.29 is 14.2 Å². The average molecular weight is 290 g/mol. The molecule has 104 valence electrons. The van der Waals surface area contributed by atoms with Gasteiger partial charge in [-0.15, -0.1) is 0 Å². The molecule has 0 fully saturated rings. The molecule has 0 spiro atoms. The summed E-state index contributed by atoms with van der Waals surface area (Å²) in [7, 11) is 3.15. The molecule has 0 aliphatic rings. The summed E-state index contributed by atoms with van der Waals surface area (Å²) in [6.07, 6.45) is 0. The van der Waals surface area contributed by atoms with Gasteiger partial charge in [0.1, 0.15) is 27.9 Å². The van der Waals surface area contributed by atoms with Crippen LogP contribution in [0.15, 0.2) is 36.4 Å². The molecule has 1 aromatic carbocycles. The molecule has 0 saturated heterocycles. The molecular formula is C14H14N2O3S. The van der Waals surface area contributed by atoms with Crippen LogP contribution in [0, 0.1) is 0 Å². The van der Waals surface area contributed by atoms with Crippen molar-refractivity contribution in [1.82, 2.24) is 4.98 Å². The molecule has 2 N–H and O–H groups in total. The number of rotatable bonds is 5. The topological polar surface area (TPSA) is 66.6 Å². The van der Waals surface area contributed by atoms with Crippen LogP contribution in [0.2, 0.25) is 0 Å². The molecule has 0 aliphatic carbocycles. The Hall–Kier alpha value is -2.34. The van der Waals surface area contributed by atoms with Gasteiger partial charge in [0.2, 0.25) is 5.88 Å². The van der Waals surface area contributed by atoms with Gasteiger partial charge in [0, 0.05) is 24.3 Å². The fourth-order valence-electron chi connectivity index (χ4n) is 1.57. The number of hydrogen-bond donors (Lipinski definition) is 1. The van der Waals surface area contributed by atoms with E-state index in [1.54, 1.807) is 50.6 Å². The van der Waals surface area contributed by atoms with E-state index in [0.717, 1.165) is 0 Å². The third-order valence-electron chi connectivity index (χ3n) is 2.52. The van der Waals surface area contributed by atoms with Crippen molar-refractivity contribution in [3.05, 3.63) is 42.1 Å². The van der Waals surface area contributed by atoms with Gasteiger partial charge in [-0.05, 0) is 6.07 Å². The maximum atomic E-state index is 5.67. The highest BCUT2D eigenvalue weighted by Gasteiger charge is 2.06. The number of methoxy groups -OCH3 is 2. The van der Waals surface area contributed by atoms with Crippen LogP contribution in [0.5, 0.6) is 23.1 Å². The first kappa shape index (κ1) is 14.1.